The molecule has 6 nitrogen and oxygen atoms in total. The maximum absolute atomic E-state index is 13.7. The lowest BCUT2D eigenvalue weighted by Gasteiger charge is -2.06. The van der Waals surface area contributed by atoms with E-state index >= 15 is 0 Å². The van der Waals surface area contributed by atoms with Crippen molar-refractivity contribution < 1.29 is 28.2 Å². The van der Waals surface area contributed by atoms with Gasteiger partial charge >= 0.3 is 5.97 Å². The van der Waals surface area contributed by atoms with E-state index in [0.717, 1.165) is 6.21 Å². The van der Waals surface area contributed by atoms with Crippen molar-refractivity contribution in [1.82, 2.24) is 5.43 Å². The number of hydrogen-bond donors (Lipinski definition) is 2. The Morgan fingerprint density at radius 2 is 1.83 bits per heavy atom. The number of rotatable bonds is 5. The van der Waals surface area contributed by atoms with E-state index in [1.807, 2.05) is 0 Å². The highest BCUT2D eigenvalue weighted by Crippen LogP contribution is 2.17. The van der Waals surface area contributed by atoms with Crippen molar-refractivity contribution in [3.8, 4) is 5.75 Å². The van der Waals surface area contributed by atoms with Crippen LogP contribution in [0.1, 0.15) is 26.3 Å². The molecule has 2 aromatic rings. The van der Waals surface area contributed by atoms with Crippen LogP contribution >= 0.6 is 0 Å². The van der Waals surface area contributed by atoms with E-state index in [4.69, 9.17) is 9.84 Å². The maximum atomic E-state index is 13.7. The van der Waals surface area contributed by atoms with Gasteiger partial charge in [-0.3, -0.25) is 4.79 Å². The van der Waals surface area contributed by atoms with E-state index in [2.05, 4.69) is 10.5 Å². The van der Waals surface area contributed by atoms with Gasteiger partial charge in [0.2, 0.25) is 0 Å². The van der Waals surface area contributed by atoms with Gasteiger partial charge in [0.1, 0.15) is 17.4 Å². The molecule has 0 saturated carbocycles. The fourth-order valence-corrected chi connectivity index (χ4v) is 1.88. The first kappa shape index (κ1) is 17.1. The highest BCUT2D eigenvalue weighted by molar-refractivity contribution is 5.97. The number of methoxy groups -OCH3 is 1. The molecule has 0 aromatic heterocycles. The summed E-state index contributed by atoms with van der Waals surface area (Å²) in [6.45, 7) is 0. The molecule has 0 spiro atoms. The molecule has 8 heteroatoms. The zero-order valence-electron chi connectivity index (χ0n) is 12.4. The Balaban J connectivity index is 2.17. The van der Waals surface area contributed by atoms with E-state index < -0.39 is 34.6 Å². The third kappa shape index (κ3) is 3.72. The molecule has 0 heterocycles. The molecule has 24 heavy (non-hydrogen) atoms. The van der Waals surface area contributed by atoms with Crippen LogP contribution in [-0.4, -0.2) is 30.3 Å². The van der Waals surface area contributed by atoms with Gasteiger partial charge in [-0.25, -0.2) is 19.0 Å². The van der Waals surface area contributed by atoms with Gasteiger partial charge in [0.25, 0.3) is 5.91 Å². The smallest absolute Gasteiger partial charge is 0.335 e. The van der Waals surface area contributed by atoms with Crippen molar-refractivity contribution >= 4 is 18.1 Å². The number of nitrogens with zero attached hydrogens (tertiary/aromatic N) is 1. The molecule has 1 amide bonds. The predicted octanol–water partition coefficient (Wildman–Crippen LogP) is 2.44. The fourth-order valence-electron chi connectivity index (χ4n) is 1.88. The Hall–Kier alpha value is -3.29. The minimum Gasteiger partial charge on any atom is -0.496 e. The summed E-state index contributed by atoms with van der Waals surface area (Å²) < 4.78 is 32.4. The monoisotopic (exact) mass is 334 g/mol. The van der Waals surface area contributed by atoms with Gasteiger partial charge in [0.05, 0.1) is 30.0 Å². The number of amides is 1. The summed E-state index contributed by atoms with van der Waals surface area (Å²) in [5.41, 5.74) is 1.21. The third-order valence-corrected chi connectivity index (χ3v) is 3.04. The number of halogens is 2. The van der Waals surface area contributed by atoms with E-state index in [-0.39, 0.29) is 5.56 Å². The lowest BCUT2D eigenvalue weighted by molar-refractivity contribution is 0.0695. The first-order valence-electron chi connectivity index (χ1n) is 6.62. The van der Waals surface area contributed by atoms with E-state index in [0.29, 0.717) is 17.9 Å². The van der Waals surface area contributed by atoms with Crippen LogP contribution in [0, 0.1) is 11.6 Å². The molecule has 124 valence electrons. The Bertz CT molecular complexity index is 798. The summed E-state index contributed by atoms with van der Waals surface area (Å²) >= 11 is 0. The number of hydrazone groups is 1. The molecule has 0 atom stereocenters. The topological polar surface area (TPSA) is 88.0 Å². The second-order valence-corrected chi connectivity index (χ2v) is 4.56. The molecule has 0 saturated heterocycles. The molecule has 2 N–H and O–H groups in total. The number of benzene rings is 2. The summed E-state index contributed by atoms with van der Waals surface area (Å²) in [5, 5.41) is 12.2. The summed E-state index contributed by atoms with van der Waals surface area (Å²) in [4.78, 5) is 22.7. The molecule has 0 fully saturated rings. The summed E-state index contributed by atoms with van der Waals surface area (Å²) in [5.74, 6) is -3.99. The van der Waals surface area contributed by atoms with Gasteiger partial charge in [-0.15, -0.1) is 0 Å². The molecule has 0 unspecified atom stereocenters. The first-order chi connectivity index (χ1) is 11.4. The van der Waals surface area contributed by atoms with E-state index in [1.54, 1.807) is 18.2 Å². The number of nitrogens with one attached hydrogen (secondary N) is 1. The lowest BCUT2D eigenvalue weighted by atomic mass is 10.1. The highest BCUT2D eigenvalue weighted by Gasteiger charge is 2.14. The number of carbonyl (C=O) groups is 2. The second-order valence-electron chi connectivity index (χ2n) is 4.56. The normalized spacial score (nSPS) is 10.6. The van der Waals surface area contributed by atoms with Crippen molar-refractivity contribution in [2.75, 3.05) is 7.11 Å². The van der Waals surface area contributed by atoms with Crippen molar-refractivity contribution in [3.63, 3.8) is 0 Å². The molecule has 0 aliphatic carbocycles. The number of ether oxygens (including phenoxy) is 1. The van der Waals surface area contributed by atoms with Crippen LogP contribution in [-0.2, 0) is 0 Å². The number of aromatic carboxylic acids is 1. The quantitative estimate of drug-likeness (QED) is 0.649. The van der Waals surface area contributed by atoms with Crippen LogP contribution in [0.3, 0.4) is 0 Å². The van der Waals surface area contributed by atoms with Gasteiger partial charge in [0, 0.05) is 0 Å². The first-order valence-corrected chi connectivity index (χ1v) is 6.62. The maximum Gasteiger partial charge on any atom is 0.335 e. The van der Waals surface area contributed by atoms with E-state index in [9.17, 15) is 18.4 Å². The predicted molar refractivity (Wildman–Crippen MR) is 81.4 cm³/mol. The molecule has 0 aliphatic rings. The molecule has 0 aliphatic heterocycles. The molecule has 2 aromatic carbocycles. The fraction of sp³-hybridized carbons (Fsp3) is 0.0625. The Morgan fingerprint density at radius 1 is 1.21 bits per heavy atom. The molecule has 0 radical (unpaired) electrons. The van der Waals surface area contributed by atoms with Crippen molar-refractivity contribution in [1.29, 1.82) is 0 Å². The van der Waals surface area contributed by atoms with Crippen molar-refractivity contribution in [2.24, 2.45) is 5.10 Å². The molecular weight excluding hydrogens is 322 g/mol. The second kappa shape index (κ2) is 7.32. The van der Waals surface area contributed by atoms with Gasteiger partial charge < -0.3 is 9.84 Å². The summed E-state index contributed by atoms with van der Waals surface area (Å²) in [6, 6.07) is 7.68. The Kier molecular flexibility index (Phi) is 5.20. The Morgan fingerprint density at radius 3 is 2.42 bits per heavy atom. The molecule has 2 rings (SSSR count). The van der Waals surface area contributed by atoms with Crippen LogP contribution in [0.15, 0.2) is 41.5 Å². The summed E-state index contributed by atoms with van der Waals surface area (Å²) in [7, 11) is 1.39. The van der Waals surface area contributed by atoms with Crippen LogP contribution < -0.4 is 10.2 Å². The number of carboxylic acids is 1. The number of hydrogen-bond acceptors (Lipinski definition) is 4. The third-order valence-electron chi connectivity index (χ3n) is 3.04. The number of carboxylic acid groups (broad SMARTS) is 1. The average Bonchev–Trinajstić information content (AvgIpc) is 2.56. The minimum absolute atomic E-state index is 0.194. The molecular formula is C16H12F2N2O4. The minimum atomic E-state index is -1.46. The molecule has 0 bridgehead atoms. The standard InChI is InChI=1S/C16H12F2N2O4/c1-24-14-5-3-2-4-10(14)15(21)20-19-8-11-12(17)6-9(16(22)23)7-13(11)18/h2-8H,1H3,(H,20,21)(H,22,23). The van der Waals surface area contributed by atoms with Crippen molar-refractivity contribution in [2.45, 2.75) is 0 Å². The van der Waals surface area contributed by atoms with Crippen LogP contribution in [0.25, 0.3) is 0 Å². The van der Waals surface area contributed by atoms with Crippen molar-refractivity contribution in [3.05, 3.63) is 64.7 Å². The lowest BCUT2D eigenvalue weighted by Crippen LogP contribution is -2.18. The SMILES string of the molecule is COc1ccccc1C(=O)NN=Cc1c(F)cc(C(=O)O)cc1F. The van der Waals surface area contributed by atoms with Gasteiger partial charge in [-0.2, -0.15) is 5.10 Å². The highest BCUT2D eigenvalue weighted by atomic mass is 19.1. The number of carbonyl (C=O) groups excluding carboxylic acids is 1. The average molecular weight is 334 g/mol. The van der Waals surface area contributed by atoms with Gasteiger partial charge in [-0.1, -0.05) is 12.1 Å². The van der Waals surface area contributed by atoms with Gasteiger partial charge in [-0.05, 0) is 24.3 Å². The van der Waals surface area contributed by atoms with Crippen LogP contribution in [0.4, 0.5) is 8.78 Å². The zero-order chi connectivity index (χ0) is 17.7. The van der Waals surface area contributed by atoms with Crippen LogP contribution in [0.2, 0.25) is 0 Å². The largest absolute Gasteiger partial charge is 0.496 e. The van der Waals surface area contributed by atoms with E-state index in [1.165, 1.54) is 13.2 Å². The van der Waals surface area contributed by atoms with Gasteiger partial charge in [0.15, 0.2) is 0 Å². The zero-order valence-corrected chi connectivity index (χ0v) is 12.4. The van der Waals surface area contributed by atoms with Crippen LogP contribution in [0.5, 0.6) is 5.75 Å². The summed E-state index contributed by atoms with van der Waals surface area (Å²) in [6.07, 6.45) is 0.754. The Labute approximate surface area is 135 Å². The number of para-hydroxylation sites is 1.